The average Bonchev–Trinajstić information content (AvgIpc) is 2.69. The van der Waals surface area contributed by atoms with Crippen molar-refractivity contribution in [3.05, 3.63) is 101 Å². The Hall–Kier alpha value is -3.37. The molecule has 0 unspecified atom stereocenters. The van der Waals surface area contributed by atoms with Crippen LogP contribution in [0.3, 0.4) is 0 Å². The Bertz CT molecular complexity index is 967. The maximum Gasteiger partial charge on any atom is 0.255 e. The first-order chi connectivity index (χ1) is 13.1. The van der Waals surface area contributed by atoms with Crippen LogP contribution < -0.4 is 10.6 Å². The van der Waals surface area contributed by atoms with E-state index < -0.39 is 0 Å². The molecule has 0 saturated heterocycles. The minimum atomic E-state index is -0.250. The number of amides is 2. The smallest absolute Gasteiger partial charge is 0.255 e. The molecule has 0 spiro atoms. The van der Waals surface area contributed by atoms with Crippen molar-refractivity contribution in [2.24, 2.45) is 0 Å². The fourth-order valence-corrected chi connectivity index (χ4v) is 2.58. The molecule has 0 aliphatic heterocycles. The number of hydrogen-bond acceptors (Lipinski definition) is 2. The molecule has 3 aromatic rings. The van der Waals surface area contributed by atoms with E-state index in [4.69, 9.17) is 11.6 Å². The zero-order valence-electron chi connectivity index (χ0n) is 14.4. The number of carbonyl (C=O) groups excluding carboxylic acids is 2. The van der Waals surface area contributed by atoms with Gasteiger partial charge in [0.1, 0.15) is 0 Å². The van der Waals surface area contributed by atoms with E-state index in [-0.39, 0.29) is 11.8 Å². The van der Waals surface area contributed by atoms with E-state index in [0.717, 1.165) is 5.56 Å². The van der Waals surface area contributed by atoms with Crippen LogP contribution in [0.2, 0.25) is 5.02 Å². The van der Waals surface area contributed by atoms with Gasteiger partial charge in [0.25, 0.3) is 5.91 Å². The van der Waals surface area contributed by atoms with Crippen LogP contribution in [0.1, 0.15) is 15.9 Å². The standard InChI is InChI=1S/C22H17ClN2O2/c23-18-8-4-7-17(15-18)22(27)25-20-12-10-19(11-13-20)24-21(26)14-9-16-5-2-1-3-6-16/h1-15H,(H,24,26)(H,25,27). The Morgan fingerprint density at radius 2 is 1.44 bits per heavy atom. The molecule has 4 nitrogen and oxygen atoms in total. The summed E-state index contributed by atoms with van der Waals surface area (Å²) < 4.78 is 0. The Morgan fingerprint density at radius 3 is 2.11 bits per heavy atom. The summed E-state index contributed by atoms with van der Waals surface area (Å²) in [4.78, 5) is 24.2. The molecular formula is C22H17ClN2O2. The minimum absolute atomic E-state index is 0.227. The number of hydrogen-bond donors (Lipinski definition) is 2. The van der Waals surface area contributed by atoms with Gasteiger partial charge in [-0.05, 0) is 54.1 Å². The van der Waals surface area contributed by atoms with Gasteiger partial charge >= 0.3 is 0 Å². The largest absolute Gasteiger partial charge is 0.323 e. The molecule has 0 aliphatic rings. The monoisotopic (exact) mass is 376 g/mol. The molecule has 5 heteroatoms. The van der Waals surface area contributed by atoms with Crippen LogP contribution in [0, 0.1) is 0 Å². The van der Waals surface area contributed by atoms with E-state index in [9.17, 15) is 9.59 Å². The Balaban J connectivity index is 1.57. The Morgan fingerprint density at radius 1 is 0.778 bits per heavy atom. The molecular weight excluding hydrogens is 360 g/mol. The second-order valence-electron chi connectivity index (χ2n) is 5.78. The number of anilines is 2. The zero-order chi connectivity index (χ0) is 19.1. The van der Waals surface area contributed by atoms with Gasteiger partial charge in [0.2, 0.25) is 5.91 Å². The van der Waals surface area contributed by atoms with E-state index in [1.54, 1.807) is 54.6 Å². The van der Waals surface area contributed by atoms with Gasteiger partial charge in [-0.25, -0.2) is 0 Å². The first-order valence-corrected chi connectivity index (χ1v) is 8.69. The fourth-order valence-electron chi connectivity index (χ4n) is 2.39. The minimum Gasteiger partial charge on any atom is -0.323 e. The fraction of sp³-hybridized carbons (Fsp3) is 0. The van der Waals surface area contributed by atoms with Crippen molar-refractivity contribution in [2.75, 3.05) is 10.6 Å². The van der Waals surface area contributed by atoms with E-state index in [2.05, 4.69) is 10.6 Å². The van der Waals surface area contributed by atoms with E-state index >= 15 is 0 Å². The van der Waals surface area contributed by atoms with Crippen LogP contribution in [-0.2, 0) is 4.79 Å². The van der Waals surface area contributed by atoms with Crippen LogP contribution in [-0.4, -0.2) is 11.8 Å². The average molecular weight is 377 g/mol. The highest BCUT2D eigenvalue weighted by Crippen LogP contribution is 2.16. The molecule has 0 bridgehead atoms. The van der Waals surface area contributed by atoms with Crippen LogP contribution in [0.4, 0.5) is 11.4 Å². The summed E-state index contributed by atoms with van der Waals surface area (Å²) in [5.74, 6) is -0.477. The molecule has 2 N–H and O–H groups in total. The van der Waals surface area contributed by atoms with Crippen LogP contribution in [0.15, 0.2) is 84.9 Å². The van der Waals surface area contributed by atoms with Crippen LogP contribution in [0.25, 0.3) is 6.08 Å². The summed E-state index contributed by atoms with van der Waals surface area (Å²) in [7, 11) is 0. The summed E-state index contributed by atoms with van der Waals surface area (Å²) in [5, 5.41) is 6.07. The van der Waals surface area contributed by atoms with Gasteiger partial charge in [0, 0.05) is 28.0 Å². The van der Waals surface area contributed by atoms with Gasteiger partial charge in [0.15, 0.2) is 0 Å². The number of halogens is 1. The maximum absolute atomic E-state index is 12.2. The van der Waals surface area contributed by atoms with Crippen molar-refractivity contribution in [3.63, 3.8) is 0 Å². The van der Waals surface area contributed by atoms with Crippen molar-refractivity contribution >= 4 is 40.9 Å². The highest BCUT2D eigenvalue weighted by atomic mass is 35.5. The second kappa shape index (κ2) is 8.83. The lowest BCUT2D eigenvalue weighted by Crippen LogP contribution is -2.12. The predicted octanol–water partition coefficient (Wildman–Crippen LogP) is 5.24. The second-order valence-corrected chi connectivity index (χ2v) is 6.21. The van der Waals surface area contributed by atoms with E-state index in [1.165, 1.54) is 6.08 Å². The van der Waals surface area contributed by atoms with E-state index in [1.807, 2.05) is 30.3 Å². The van der Waals surface area contributed by atoms with Crippen molar-refractivity contribution in [1.82, 2.24) is 0 Å². The summed E-state index contributed by atoms with van der Waals surface area (Å²) in [5.41, 5.74) is 2.69. The van der Waals surface area contributed by atoms with Crippen LogP contribution in [0.5, 0.6) is 0 Å². The molecule has 27 heavy (non-hydrogen) atoms. The van der Waals surface area contributed by atoms with Crippen LogP contribution >= 0.6 is 11.6 Å². The maximum atomic E-state index is 12.2. The lowest BCUT2D eigenvalue weighted by atomic mass is 10.2. The van der Waals surface area contributed by atoms with Gasteiger partial charge in [-0.3, -0.25) is 9.59 Å². The zero-order valence-corrected chi connectivity index (χ0v) is 15.1. The Kier molecular flexibility index (Phi) is 6.02. The highest BCUT2D eigenvalue weighted by Gasteiger charge is 2.06. The molecule has 0 aromatic heterocycles. The summed E-state index contributed by atoms with van der Waals surface area (Å²) in [6.45, 7) is 0. The lowest BCUT2D eigenvalue weighted by molar-refractivity contribution is -0.111. The number of benzene rings is 3. The number of rotatable bonds is 5. The third kappa shape index (κ3) is 5.56. The quantitative estimate of drug-likeness (QED) is 0.598. The lowest BCUT2D eigenvalue weighted by Gasteiger charge is -2.07. The van der Waals surface area contributed by atoms with E-state index in [0.29, 0.717) is 22.0 Å². The Labute approximate surface area is 162 Å². The van der Waals surface area contributed by atoms with Crippen molar-refractivity contribution in [1.29, 1.82) is 0 Å². The molecule has 0 atom stereocenters. The van der Waals surface area contributed by atoms with Gasteiger partial charge in [0.05, 0.1) is 0 Å². The summed E-state index contributed by atoms with van der Waals surface area (Å²) >= 11 is 5.90. The number of nitrogens with one attached hydrogen (secondary N) is 2. The first kappa shape index (κ1) is 18.4. The summed E-state index contributed by atoms with van der Waals surface area (Å²) in [6, 6.07) is 23.2. The molecule has 0 saturated carbocycles. The molecule has 0 heterocycles. The number of carbonyl (C=O) groups is 2. The third-order valence-electron chi connectivity index (χ3n) is 3.72. The van der Waals surface area contributed by atoms with Crippen molar-refractivity contribution < 1.29 is 9.59 Å². The topological polar surface area (TPSA) is 58.2 Å². The van der Waals surface area contributed by atoms with Crippen molar-refractivity contribution in [3.8, 4) is 0 Å². The predicted molar refractivity (Wildman–Crippen MR) is 110 cm³/mol. The molecule has 3 aromatic carbocycles. The third-order valence-corrected chi connectivity index (χ3v) is 3.96. The SMILES string of the molecule is O=C(C=Cc1ccccc1)Nc1ccc(NC(=O)c2cccc(Cl)c2)cc1. The van der Waals surface area contributed by atoms with Gasteiger partial charge in [-0.1, -0.05) is 48.0 Å². The van der Waals surface area contributed by atoms with Gasteiger partial charge in [-0.15, -0.1) is 0 Å². The summed E-state index contributed by atoms with van der Waals surface area (Å²) in [6.07, 6.45) is 3.22. The normalized spacial score (nSPS) is 10.6. The molecule has 2 amide bonds. The van der Waals surface area contributed by atoms with Crippen molar-refractivity contribution in [2.45, 2.75) is 0 Å². The van der Waals surface area contributed by atoms with Gasteiger partial charge in [-0.2, -0.15) is 0 Å². The first-order valence-electron chi connectivity index (χ1n) is 8.31. The molecule has 0 radical (unpaired) electrons. The highest BCUT2D eigenvalue weighted by molar-refractivity contribution is 6.31. The molecule has 0 aliphatic carbocycles. The van der Waals surface area contributed by atoms with Gasteiger partial charge < -0.3 is 10.6 Å². The molecule has 134 valence electrons. The molecule has 0 fully saturated rings. The molecule has 3 rings (SSSR count).